The van der Waals surface area contributed by atoms with Gasteiger partial charge in [-0.3, -0.25) is 9.36 Å². The first-order valence-corrected chi connectivity index (χ1v) is 11.7. The van der Waals surface area contributed by atoms with Crippen molar-refractivity contribution in [3.63, 3.8) is 0 Å². The summed E-state index contributed by atoms with van der Waals surface area (Å²) in [5.41, 5.74) is 0.689. The first-order chi connectivity index (χ1) is 16.8. The number of methoxy groups -OCH3 is 1. The van der Waals surface area contributed by atoms with E-state index in [1.54, 1.807) is 37.8 Å². The van der Waals surface area contributed by atoms with E-state index in [2.05, 4.69) is 0 Å². The lowest BCUT2D eigenvalue weighted by atomic mass is 9.90. The zero-order valence-corrected chi connectivity index (χ0v) is 20.9. The van der Waals surface area contributed by atoms with Crippen LogP contribution in [-0.4, -0.2) is 40.2 Å². The number of ether oxygens (including phenoxy) is 2. The van der Waals surface area contributed by atoms with Crippen molar-refractivity contribution in [1.82, 2.24) is 9.47 Å². The van der Waals surface area contributed by atoms with E-state index >= 15 is 4.39 Å². The second-order valence-corrected chi connectivity index (χ2v) is 10.1. The third-order valence-electron chi connectivity index (χ3n) is 6.31. The second kappa shape index (κ2) is 9.28. The number of alkyl halides is 1. The molecule has 2 heterocycles. The molecule has 0 saturated carbocycles. The van der Waals surface area contributed by atoms with E-state index in [1.807, 2.05) is 6.92 Å². The molecule has 0 radical (unpaired) electrons. The van der Waals surface area contributed by atoms with E-state index in [0.717, 1.165) is 24.8 Å². The number of aromatic nitrogens is 1. The molecule has 0 bridgehead atoms. The van der Waals surface area contributed by atoms with Crippen molar-refractivity contribution < 1.29 is 27.4 Å². The predicted octanol–water partition coefficient (Wildman–Crippen LogP) is 5.45. The van der Waals surface area contributed by atoms with Gasteiger partial charge in [0.2, 0.25) is 5.85 Å². The van der Waals surface area contributed by atoms with Gasteiger partial charge in [0.15, 0.2) is 0 Å². The third-order valence-corrected chi connectivity index (χ3v) is 6.31. The molecule has 1 aromatic heterocycles. The Morgan fingerprint density at radius 2 is 1.78 bits per heavy atom. The highest BCUT2D eigenvalue weighted by atomic mass is 19.2. The summed E-state index contributed by atoms with van der Waals surface area (Å²) in [6, 6.07) is 5.53. The van der Waals surface area contributed by atoms with Crippen LogP contribution in [0.2, 0.25) is 0 Å². The number of nitrogens with zero attached hydrogens (tertiary/aromatic N) is 2. The van der Waals surface area contributed by atoms with Crippen molar-refractivity contribution in [3.8, 4) is 0 Å². The fourth-order valence-electron chi connectivity index (χ4n) is 4.64. The molecule has 1 aliphatic heterocycles. The van der Waals surface area contributed by atoms with Gasteiger partial charge in [0.1, 0.15) is 17.2 Å². The molecule has 1 aromatic carbocycles. The molecule has 2 atom stereocenters. The minimum Gasteiger partial charge on any atom is -0.444 e. The fourth-order valence-corrected chi connectivity index (χ4v) is 4.64. The van der Waals surface area contributed by atoms with E-state index in [9.17, 15) is 18.4 Å². The molecule has 1 amide bonds. The van der Waals surface area contributed by atoms with Gasteiger partial charge in [-0.05, 0) is 63.1 Å². The first kappa shape index (κ1) is 25.8. The minimum absolute atomic E-state index is 0.0104. The fraction of sp³-hybridized carbons (Fsp3) is 0.407. The summed E-state index contributed by atoms with van der Waals surface area (Å²) >= 11 is 0. The molecule has 0 N–H and O–H groups in total. The van der Waals surface area contributed by atoms with Crippen molar-refractivity contribution >= 4 is 17.4 Å². The minimum atomic E-state index is -2.42. The molecule has 1 aliphatic carbocycles. The Hall–Kier alpha value is -3.33. The van der Waals surface area contributed by atoms with Crippen molar-refractivity contribution in [1.29, 1.82) is 0 Å². The standard InChI is InChI=1S/C27H29F3N2O4/c1-16-10-23-17(15-31(16)25(34)36-26(2,3)4)6-9-24(33)32(23)21-7-8-22(27(30,14-21)35-5)18-11-19(28)13-20(29)12-18/h6-9,11-13,16H,10,14-15H2,1-5H3. The van der Waals surface area contributed by atoms with Crippen LogP contribution in [0.1, 0.15) is 50.9 Å². The number of fused-ring (bicyclic) bond motifs is 1. The van der Waals surface area contributed by atoms with Crippen molar-refractivity contribution in [2.24, 2.45) is 0 Å². The first-order valence-electron chi connectivity index (χ1n) is 11.7. The van der Waals surface area contributed by atoms with Crippen LogP contribution in [0.4, 0.5) is 18.0 Å². The summed E-state index contributed by atoms with van der Waals surface area (Å²) < 4.78 is 55.8. The second-order valence-electron chi connectivity index (χ2n) is 10.1. The summed E-state index contributed by atoms with van der Waals surface area (Å²) in [5.74, 6) is -4.10. The van der Waals surface area contributed by atoms with E-state index in [4.69, 9.17) is 9.47 Å². The number of allylic oxidation sites excluding steroid dienone is 2. The normalized spacial score (nSPS) is 22.0. The Morgan fingerprint density at radius 1 is 1.11 bits per heavy atom. The van der Waals surface area contributed by atoms with E-state index in [1.165, 1.54) is 16.7 Å². The monoisotopic (exact) mass is 502 g/mol. The molecule has 192 valence electrons. The van der Waals surface area contributed by atoms with E-state index in [0.29, 0.717) is 23.9 Å². The number of carbonyl (C=O) groups excluding carboxylic acids is 1. The zero-order chi connectivity index (χ0) is 26.4. The van der Waals surface area contributed by atoms with Crippen LogP contribution in [0.25, 0.3) is 11.3 Å². The SMILES string of the molecule is COC1(F)CC(n2c3c(ccc2=O)CN(C(=O)OC(C)(C)C)C(C)C3)=CC=C1c1cc(F)cc(F)c1. The predicted molar refractivity (Wildman–Crippen MR) is 130 cm³/mol. The summed E-state index contributed by atoms with van der Waals surface area (Å²) in [6.07, 6.45) is 2.48. The van der Waals surface area contributed by atoms with Crippen molar-refractivity contribution in [2.45, 2.75) is 64.6 Å². The maximum absolute atomic E-state index is 16.1. The van der Waals surface area contributed by atoms with Crippen LogP contribution in [0.15, 0.2) is 47.3 Å². The number of hydrogen-bond acceptors (Lipinski definition) is 4. The molecule has 2 aliphatic rings. The molecule has 0 saturated heterocycles. The molecular weight excluding hydrogens is 473 g/mol. The lowest BCUT2D eigenvalue weighted by Gasteiger charge is -2.38. The number of rotatable bonds is 3. The molecule has 6 nitrogen and oxygen atoms in total. The van der Waals surface area contributed by atoms with Gasteiger partial charge in [-0.15, -0.1) is 0 Å². The summed E-state index contributed by atoms with van der Waals surface area (Å²) in [7, 11) is 1.16. The van der Waals surface area contributed by atoms with Gasteiger partial charge in [0.05, 0.1) is 13.0 Å². The Balaban J connectivity index is 1.75. The molecule has 2 aromatic rings. The van der Waals surface area contributed by atoms with Gasteiger partial charge in [0.25, 0.3) is 5.56 Å². The Bertz CT molecular complexity index is 1310. The number of halogens is 3. The Morgan fingerprint density at radius 3 is 2.39 bits per heavy atom. The molecule has 0 fully saturated rings. The molecule has 9 heteroatoms. The molecule has 0 spiro atoms. The molecule has 36 heavy (non-hydrogen) atoms. The maximum atomic E-state index is 16.1. The summed E-state index contributed by atoms with van der Waals surface area (Å²) in [6.45, 7) is 7.46. The number of benzene rings is 1. The van der Waals surface area contributed by atoms with Crippen LogP contribution in [0.3, 0.4) is 0 Å². The highest BCUT2D eigenvalue weighted by Gasteiger charge is 2.40. The third kappa shape index (κ3) is 4.97. The Labute approximate surface area is 207 Å². The smallest absolute Gasteiger partial charge is 0.410 e. The molecular formula is C27H29F3N2O4. The maximum Gasteiger partial charge on any atom is 0.410 e. The van der Waals surface area contributed by atoms with Crippen molar-refractivity contribution in [2.75, 3.05) is 7.11 Å². The van der Waals surface area contributed by atoms with Crippen molar-refractivity contribution in [3.05, 3.63) is 81.3 Å². The lowest BCUT2D eigenvalue weighted by molar-refractivity contribution is -0.0661. The van der Waals surface area contributed by atoms with Crippen LogP contribution >= 0.6 is 0 Å². The lowest BCUT2D eigenvalue weighted by Crippen LogP contribution is -2.46. The average Bonchev–Trinajstić information content (AvgIpc) is 2.76. The van der Waals surface area contributed by atoms with Gasteiger partial charge in [-0.2, -0.15) is 0 Å². The Kier molecular flexibility index (Phi) is 6.64. The van der Waals surface area contributed by atoms with Gasteiger partial charge in [0, 0.05) is 48.7 Å². The molecule has 2 unspecified atom stereocenters. The van der Waals surface area contributed by atoms with Crippen LogP contribution in [-0.2, 0) is 22.4 Å². The van der Waals surface area contributed by atoms with Crippen LogP contribution in [0.5, 0.6) is 0 Å². The van der Waals surface area contributed by atoms with Gasteiger partial charge in [-0.1, -0.05) is 6.08 Å². The molecule has 4 rings (SSSR count). The highest BCUT2D eigenvalue weighted by molar-refractivity contribution is 5.78. The van der Waals surface area contributed by atoms with E-state index in [-0.39, 0.29) is 35.7 Å². The zero-order valence-electron chi connectivity index (χ0n) is 20.9. The van der Waals surface area contributed by atoms with Gasteiger partial charge >= 0.3 is 6.09 Å². The topological polar surface area (TPSA) is 60.8 Å². The van der Waals surface area contributed by atoms with Gasteiger partial charge in [-0.25, -0.2) is 18.0 Å². The van der Waals surface area contributed by atoms with Gasteiger partial charge < -0.3 is 14.4 Å². The summed E-state index contributed by atoms with van der Waals surface area (Å²) in [4.78, 5) is 27.3. The number of carbonyl (C=O) groups is 1. The summed E-state index contributed by atoms with van der Waals surface area (Å²) in [5, 5.41) is 0. The quantitative estimate of drug-likeness (QED) is 0.560. The number of pyridine rings is 1. The number of amides is 1. The van der Waals surface area contributed by atoms with E-state index < -0.39 is 29.2 Å². The van der Waals surface area contributed by atoms with Crippen LogP contribution in [0, 0.1) is 11.6 Å². The largest absolute Gasteiger partial charge is 0.444 e. The van der Waals surface area contributed by atoms with Crippen LogP contribution < -0.4 is 5.56 Å². The average molecular weight is 503 g/mol. The number of hydrogen-bond donors (Lipinski definition) is 0. The highest BCUT2D eigenvalue weighted by Crippen LogP contribution is 2.42.